The van der Waals surface area contributed by atoms with Crippen molar-refractivity contribution >= 4 is 26.5 Å². The molecular weight excluding hydrogens is 317 g/mol. The summed E-state index contributed by atoms with van der Waals surface area (Å²) in [6.07, 6.45) is 0. The molecule has 0 amide bonds. The third-order valence-electron chi connectivity index (χ3n) is 3.41. The lowest BCUT2D eigenvalue weighted by atomic mass is 10.1. The first-order valence-corrected chi connectivity index (χ1v) is 8.32. The Balaban J connectivity index is 1.97. The van der Waals surface area contributed by atoms with E-state index in [1.807, 2.05) is 6.07 Å². The maximum absolute atomic E-state index is 13.2. The fourth-order valence-corrected chi connectivity index (χ4v) is 3.35. The standard InChI is InChI=1S/C17H14FNO3S/c1-22-16-7-5-13-10-17(8-6-12(13)9-16)23(20,21)19-15-4-2-3-14(18)11-15/h2-11,19H,1H3. The number of methoxy groups -OCH3 is 1. The van der Waals surface area contributed by atoms with E-state index in [1.165, 1.54) is 24.3 Å². The Kier molecular flexibility index (Phi) is 3.92. The number of hydrogen-bond acceptors (Lipinski definition) is 3. The van der Waals surface area contributed by atoms with Crippen molar-refractivity contribution in [1.82, 2.24) is 0 Å². The molecule has 118 valence electrons. The van der Waals surface area contributed by atoms with Crippen molar-refractivity contribution in [2.75, 3.05) is 11.8 Å². The van der Waals surface area contributed by atoms with Crippen molar-refractivity contribution < 1.29 is 17.5 Å². The summed E-state index contributed by atoms with van der Waals surface area (Å²) in [7, 11) is -2.21. The zero-order valence-electron chi connectivity index (χ0n) is 12.3. The molecule has 0 aliphatic rings. The largest absolute Gasteiger partial charge is 0.497 e. The Morgan fingerprint density at radius 1 is 0.957 bits per heavy atom. The predicted octanol–water partition coefficient (Wildman–Crippen LogP) is 3.79. The second-order valence-corrected chi connectivity index (χ2v) is 6.67. The molecule has 0 spiro atoms. The van der Waals surface area contributed by atoms with Crippen LogP contribution in [-0.4, -0.2) is 15.5 Å². The van der Waals surface area contributed by atoms with E-state index in [2.05, 4.69) is 4.72 Å². The van der Waals surface area contributed by atoms with Crippen molar-refractivity contribution in [3.63, 3.8) is 0 Å². The Hall–Kier alpha value is -2.60. The Labute approximate surface area is 133 Å². The van der Waals surface area contributed by atoms with Crippen LogP contribution in [-0.2, 0) is 10.0 Å². The second-order valence-electron chi connectivity index (χ2n) is 4.99. The minimum absolute atomic E-state index is 0.111. The first-order valence-electron chi connectivity index (χ1n) is 6.84. The van der Waals surface area contributed by atoms with E-state index in [4.69, 9.17) is 4.74 Å². The SMILES string of the molecule is COc1ccc2cc(S(=O)(=O)Nc3cccc(F)c3)ccc2c1. The molecule has 1 N–H and O–H groups in total. The quantitative estimate of drug-likeness (QED) is 0.791. The van der Waals surface area contributed by atoms with Gasteiger partial charge in [0, 0.05) is 0 Å². The average Bonchev–Trinajstić information content (AvgIpc) is 2.53. The van der Waals surface area contributed by atoms with Gasteiger partial charge >= 0.3 is 0 Å². The predicted molar refractivity (Wildman–Crippen MR) is 87.7 cm³/mol. The number of nitrogens with one attached hydrogen (secondary N) is 1. The highest BCUT2D eigenvalue weighted by Gasteiger charge is 2.15. The first-order chi connectivity index (χ1) is 11.0. The monoisotopic (exact) mass is 331 g/mol. The molecule has 0 saturated heterocycles. The summed E-state index contributed by atoms with van der Waals surface area (Å²) < 4.78 is 45.5. The van der Waals surface area contributed by atoms with Crippen LogP contribution in [0.25, 0.3) is 10.8 Å². The number of anilines is 1. The smallest absolute Gasteiger partial charge is 0.261 e. The number of sulfonamides is 1. The normalized spacial score (nSPS) is 11.4. The van der Waals surface area contributed by atoms with Crippen molar-refractivity contribution in [3.05, 3.63) is 66.5 Å². The molecule has 0 fully saturated rings. The highest BCUT2D eigenvalue weighted by Crippen LogP contribution is 2.25. The maximum Gasteiger partial charge on any atom is 0.261 e. The van der Waals surface area contributed by atoms with Crippen molar-refractivity contribution in [2.45, 2.75) is 4.90 Å². The van der Waals surface area contributed by atoms with E-state index < -0.39 is 15.8 Å². The molecular formula is C17H14FNO3S. The van der Waals surface area contributed by atoms with Gasteiger partial charge in [-0.3, -0.25) is 4.72 Å². The van der Waals surface area contributed by atoms with Gasteiger partial charge in [0.15, 0.2) is 0 Å². The first kappa shape index (κ1) is 15.3. The molecule has 0 aliphatic carbocycles. The van der Waals surface area contributed by atoms with Gasteiger partial charge in [-0.05, 0) is 53.2 Å². The summed E-state index contributed by atoms with van der Waals surface area (Å²) in [4.78, 5) is 0.111. The highest BCUT2D eigenvalue weighted by molar-refractivity contribution is 7.92. The molecule has 23 heavy (non-hydrogen) atoms. The number of halogens is 1. The van der Waals surface area contributed by atoms with E-state index in [1.54, 1.807) is 31.4 Å². The van der Waals surface area contributed by atoms with Crippen LogP contribution in [0.15, 0.2) is 65.6 Å². The van der Waals surface area contributed by atoms with Gasteiger partial charge in [-0.15, -0.1) is 0 Å². The molecule has 0 aliphatic heterocycles. The molecule has 3 aromatic rings. The van der Waals surface area contributed by atoms with E-state index >= 15 is 0 Å². The van der Waals surface area contributed by atoms with E-state index in [9.17, 15) is 12.8 Å². The third-order valence-corrected chi connectivity index (χ3v) is 4.78. The molecule has 0 atom stereocenters. The Morgan fingerprint density at radius 2 is 1.70 bits per heavy atom. The number of rotatable bonds is 4. The third kappa shape index (κ3) is 3.27. The second kappa shape index (κ2) is 5.89. The molecule has 3 aromatic carbocycles. The molecule has 3 rings (SSSR count). The van der Waals surface area contributed by atoms with Crippen LogP contribution in [0.1, 0.15) is 0 Å². The number of benzene rings is 3. The van der Waals surface area contributed by atoms with Crippen LogP contribution >= 0.6 is 0 Å². The summed E-state index contributed by atoms with van der Waals surface area (Å²) in [5, 5.41) is 1.64. The van der Waals surface area contributed by atoms with Crippen LogP contribution < -0.4 is 9.46 Å². The molecule has 0 radical (unpaired) electrons. The Bertz CT molecular complexity index is 970. The molecule has 0 unspecified atom stereocenters. The number of fused-ring (bicyclic) bond motifs is 1. The molecule has 0 saturated carbocycles. The fourth-order valence-electron chi connectivity index (χ4n) is 2.26. The van der Waals surface area contributed by atoms with Crippen LogP contribution in [0.4, 0.5) is 10.1 Å². The lowest BCUT2D eigenvalue weighted by molar-refractivity contribution is 0.415. The summed E-state index contributed by atoms with van der Waals surface area (Å²) >= 11 is 0. The van der Waals surface area contributed by atoms with Gasteiger partial charge in [-0.25, -0.2) is 12.8 Å². The lowest BCUT2D eigenvalue weighted by Crippen LogP contribution is -2.12. The molecule has 0 heterocycles. The summed E-state index contributed by atoms with van der Waals surface area (Å²) in [6.45, 7) is 0. The summed E-state index contributed by atoms with van der Waals surface area (Å²) in [5.74, 6) is 0.196. The minimum Gasteiger partial charge on any atom is -0.497 e. The zero-order valence-corrected chi connectivity index (χ0v) is 13.1. The maximum atomic E-state index is 13.2. The molecule has 4 nitrogen and oxygen atoms in total. The van der Waals surface area contributed by atoms with Gasteiger partial charge in [-0.2, -0.15) is 0 Å². The summed E-state index contributed by atoms with van der Waals surface area (Å²) in [5.41, 5.74) is 0.180. The van der Waals surface area contributed by atoms with E-state index in [0.29, 0.717) is 5.75 Å². The molecule has 6 heteroatoms. The van der Waals surface area contributed by atoms with Crippen molar-refractivity contribution in [2.24, 2.45) is 0 Å². The number of ether oxygens (including phenoxy) is 1. The number of hydrogen-bond donors (Lipinski definition) is 1. The van der Waals surface area contributed by atoms with Crippen LogP contribution in [0.5, 0.6) is 5.75 Å². The van der Waals surface area contributed by atoms with E-state index in [0.717, 1.165) is 16.8 Å². The van der Waals surface area contributed by atoms with Gasteiger partial charge < -0.3 is 4.74 Å². The van der Waals surface area contributed by atoms with Gasteiger partial charge in [0.2, 0.25) is 0 Å². The van der Waals surface area contributed by atoms with Gasteiger partial charge in [0.25, 0.3) is 10.0 Å². The van der Waals surface area contributed by atoms with Gasteiger partial charge in [0.1, 0.15) is 11.6 Å². The summed E-state index contributed by atoms with van der Waals surface area (Å²) in [6, 6.07) is 15.5. The van der Waals surface area contributed by atoms with Gasteiger partial charge in [-0.1, -0.05) is 18.2 Å². The van der Waals surface area contributed by atoms with Crippen LogP contribution in [0.3, 0.4) is 0 Å². The van der Waals surface area contributed by atoms with Gasteiger partial charge in [0.05, 0.1) is 17.7 Å². The van der Waals surface area contributed by atoms with Crippen molar-refractivity contribution in [1.29, 1.82) is 0 Å². The minimum atomic E-state index is -3.79. The Morgan fingerprint density at radius 3 is 2.43 bits per heavy atom. The topological polar surface area (TPSA) is 55.4 Å². The van der Waals surface area contributed by atoms with Crippen molar-refractivity contribution in [3.8, 4) is 5.75 Å². The molecule has 0 bridgehead atoms. The lowest BCUT2D eigenvalue weighted by Gasteiger charge is -2.09. The van der Waals surface area contributed by atoms with Crippen LogP contribution in [0, 0.1) is 5.82 Å². The zero-order chi connectivity index (χ0) is 16.4. The van der Waals surface area contributed by atoms with E-state index in [-0.39, 0.29) is 10.6 Å². The fraction of sp³-hybridized carbons (Fsp3) is 0.0588. The molecule has 0 aromatic heterocycles. The average molecular weight is 331 g/mol. The van der Waals surface area contributed by atoms with Crippen LogP contribution in [0.2, 0.25) is 0 Å². The highest BCUT2D eigenvalue weighted by atomic mass is 32.2.